The van der Waals surface area contributed by atoms with Gasteiger partial charge in [0.2, 0.25) is 0 Å². The molecule has 0 spiro atoms. The number of nitrogens with one attached hydrogen (secondary N) is 2. The normalized spacial score (nSPS) is 12.1. The fraction of sp³-hybridized carbons (Fsp3) is 0.136. The van der Waals surface area contributed by atoms with E-state index < -0.39 is 16.1 Å². The van der Waals surface area contributed by atoms with Gasteiger partial charge in [-0.15, -0.1) is 0 Å². The average Bonchev–Trinajstić information content (AvgIpc) is 2.74. The molecule has 31 heavy (non-hydrogen) atoms. The number of hydrogen-bond donors (Lipinski definition) is 2. The van der Waals surface area contributed by atoms with Gasteiger partial charge in [-0.2, -0.15) is 0 Å². The summed E-state index contributed by atoms with van der Waals surface area (Å²) in [5, 5.41) is 3.53. The molecule has 0 aliphatic rings. The third-order valence-electron chi connectivity index (χ3n) is 4.29. The van der Waals surface area contributed by atoms with Gasteiger partial charge in [0.05, 0.1) is 15.6 Å². The summed E-state index contributed by atoms with van der Waals surface area (Å²) >= 11 is 12.0. The van der Waals surface area contributed by atoms with Crippen LogP contribution in [0.25, 0.3) is 0 Å². The first-order valence-corrected chi connectivity index (χ1v) is 11.6. The highest BCUT2D eigenvalue weighted by Crippen LogP contribution is 2.25. The van der Waals surface area contributed by atoms with Crippen molar-refractivity contribution in [3.8, 4) is 5.75 Å². The van der Waals surface area contributed by atoms with Gasteiger partial charge in [-0.1, -0.05) is 48.3 Å². The highest BCUT2D eigenvalue weighted by Gasteiger charge is 2.20. The number of amides is 1. The predicted molar refractivity (Wildman–Crippen MR) is 123 cm³/mol. The summed E-state index contributed by atoms with van der Waals surface area (Å²) in [5.74, 6) is 0.133. The van der Waals surface area contributed by atoms with Crippen molar-refractivity contribution in [1.29, 1.82) is 0 Å². The first-order chi connectivity index (χ1) is 14.8. The molecule has 0 fully saturated rings. The van der Waals surface area contributed by atoms with Crippen molar-refractivity contribution in [3.05, 3.63) is 82.8 Å². The summed E-state index contributed by atoms with van der Waals surface area (Å²) in [6.07, 6.45) is -0.296. The molecule has 6 nitrogen and oxygen atoms in total. The minimum absolute atomic E-state index is 0.0348. The molecule has 162 valence electrons. The molecule has 0 unspecified atom stereocenters. The molecule has 3 rings (SSSR count). The molecule has 0 saturated carbocycles. The monoisotopic (exact) mass is 478 g/mol. The predicted octanol–water partition coefficient (Wildman–Crippen LogP) is 5.59. The van der Waals surface area contributed by atoms with Crippen molar-refractivity contribution in [3.63, 3.8) is 0 Å². The summed E-state index contributed by atoms with van der Waals surface area (Å²) < 4.78 is 33.3. The lowest BCUT2D eigenvalue weighted by atomic mass is 10.2. The van der Waals surface area contributed by atoms with E-state index in [-0.39, 0.29) is 16.5 Å². The van der Waals surface area contributed by atoms with Crippen molar-refractivity contribution in [1.82, 2.24) is 0 Å². The van der Waals surface area contributed by atoms with E-state index in [1.807, 2.05) is 6.92 Å². The quantitative estimate of drug-likeness (QED) is 0.441. The number of benzene rings is 3. The van der Waals surface area contributed by atoms with Crippen LogP contribution in [0.3, 0.4) is 0 Å². The molecule has 3 aromatic carbocycles. The van der Waals surface area contributed by atoms with Gasteiger partial charge in [-0.3, -0.25) is 9.52 Å². The van der Waals surface area contributed by atoms with Crippen LogP contribution in [0.15, 0.2) is 77.7 Å². The molecule has 0 radical (unpaired) electrons. The third-order valence-corrected chi connectivity index (χ3v) is 6.23. The second-order valence-electron chi connectivity index (χ2n) is 6.57. The molecular formula is C22H20Cl2N2O4S. The van der Waals surface area contributed by atoms with E-state index in [0.717, 1.165) is 0 Å². The summed E-state index contributed by atoms with van der Waals surface area (Å²) in [6.45, 7) is 1.82. The molecular weight excluding hydrogens is 459 g/mol. The number of sulfonamides is 1. The molecule has 0 aromatic heterocycles. The lowest BCUT2D eigenvalue weighted by Gasteiger charge is -2.17. The Balaban J connectivity index is 1.67. The largest absolute Gasteiger partial charge is 0.481 e. The Hall–Kier alpha value is -2.74. The fourth-order valence-corrected chi connectivity index (χ4v) is 4.21. The minimum atomic E-state index is -3.83. The van der Waals surface area contributed by atoms with Crippen LogP contribution < -0.4 is 14.8 Å². The van der Waals surface area contributed by atoms with E-state index in [2.05, 4.69) is 10.0 Å². The number of hydrogen-bond acceptors (Lipinski definition) is 4. The van der Waals surface area contributed by atoms with Gasteiger partial charge in [0.1, 0.15) is 5.75 Å². The maximum Gasteiger partial charge on any atom is 0.265 e. The van der Waals surface area contributed by atoms with E-state index in [1.165, 1.54) is 24.3 Å². The van der Waals surface area contributed by atoms with Gasteiger partial charge in [-0.05, 0) is 61.0 Å². The Morgan fingerprint density at radius 1 is 1.00 bits per heavy atom. The van der Waals surface area contributed by atoms with E-state index in [1.54, 1.807) is 48.5 Å². The summed E-state index contributed by atoms with van der Waals surface area (Å²) in [5.41, 5.74) is 0.723. The van der Waals surface area contributed by atoms with Crippen molar-refractivity contribution >= 4 is 50.5 Å². The fourth-order valence-electron chi connectivity index (χ4n) is 2.71. The Labute approximate surface area is 191 Å². The first kappa shape index (κ1) is 22.9. The maximum absolute atomic E-state index is 12.6. The molecule has 0 aliphatic heterocycles. The molecule has 2 N–H and O–H groups in total. The van der Waals surface area contributed by atoms with Crippen LogP contribution in [0.4, 0.5) is 11.4 Å². The Bertz CT molecular complexity index is 1170. The maximum atomic E-state index is 12.6. The number of halogens is 2. The molecule has 3 aromatic rings. The molecule has 0 heterocycles. The average molecular weight is 479 g/mol. The van der Waals surface area contributed by atoms with Crippen LogP contribution >= 0.6 is 23.2 Å². The van der Waals surface area contributed by atoms with Gasteiger partial charge >= 0.3 is 0 Å². The van der Waals surface area contributed by atoms with Gasteiger partial charge in [0, 0.05) is 10.7 Å². The minimum Gasteiger partial charge on any atom is -0.481 e. The Morgan fingerprint density at radius 3 is 2.35 bits per heavy atom. The van der Waals surface area contributed by atoms with Crippen molar-refractivity contribution in [2.24, 2.45) is 0 Å². The lowest BCUT2D eigenvalue weighted by molar-refractivity contribution is -0.122. The zero-order valence-electron chi connectivity index (χ0n) is 16.5. The third kappa shape index (κ3) is 6.13. The number of carbonyl (C=O) groups excluding carboxylic acids is 1. The molecule has 9 heteroatoms. The zero-order valence-corrected chi connectivity index (χ0v) is 18.8. The van der Waals surface area contributed by atoms with Crippen molar-refractivity contribution in [2.45, 2.75) is 24.3 Å². The Kier molecular flexibility index (Phi) is 7.43. The van der Waals surface area contributed by atoms with Crippen LogP contribution in [-0.4, -0.2) is 20.4 Å². The van der Waals surface area contributed by atoms with Crippen LogP contribution in [-0.2, 0) is 14.8 Å². The molecule has 1 amide bonds. The van der Waals surface area contributed by atoms with Crippen LogP contribution in [0, 0.1) is 0 Å². The van der Waals surface area contributed by atoms with Crippen LogP contribution in [0.5, 0.6) is 5.75 Å². The number of rotatable bonds is 8. The number of ether oxygens (including phenoxy) is 1. The topological polar surface area (TPSA) is 84.5 Å². The lowest BCUT2D eigenvalue weighted by Crippen LogP contribution is -2.32. The van der Waals surface area contributed by atoms with Crippen molar-refractivity contribution in [2.75, 3.05) is 10.0 Å². The van der Waals surface area contributed by atoms with E-state index in [9.17, 15) is 13.2 Å². The van der Waals surface area contributed by atoms with Crippen molar-refractivity contribution < 1.29 is 17.9 Å². The van der Waals surface area contributed by atoms with Gasteiger partial charge in [0.15, 0.2) is 6.10 Å². The first-order valence-electron chi connectivity index (χ1n) is 9.39. The van der Waals surface area contributed by atoms with E-state index in [4.69, 9.17) is 27.9 Å². The van der Waals surface area contributed by atoms with E-state index >= 15 is 0 Å². The second kappa shape index (κ2) is 10.0. The number of para-hydroxylation sites is 1. The Morgan fingerprint density at radius 2 is 1.71 bits per heavy atom. The smallest absolute Gasteiger partial charge is 0.265 e. The van der Waals surface area contributed by atoms with Crippen LogP contribution in [0.1, 0.15) is 13.3 Å². The molecule has 0 aliphatic carbocycles. The van der Waals surface area contributed by atoms with E-state index in [0.29, 0.717) is 27.9 Å². The number of carbonyl (C=O) groups is 1. The zero-order chi connectivity index (χ0) is 22.4. The highest BCUT2D eigenvalue weighted by atomic mass is 35.5. The summed E-state index contributed by atoms with van der Waals surface area (Å²) in [6, 6.07) is 19.1. The summed E-state index contributed by atoms with van der Waals surface area (Å²) in [7, 11) is -3.83. The van der Waals surface area contributed by atoms with Gasteiger partial charge in [0.25, 0.3) is 15.9 Å². The number of anilines is 2. The standard InChI is InChI=1S/C22H20Cl2N2O4S/c1-2-21(30-17-7-5-6-15(23)14-17)22(27)25-16-10-12-18(13-11-16)31(28,29)26-20-9-4-3-8-19(20)24/h3-14,21,26H,2H2,1H3,(H,25,27)/t21-/m0/s1. The second-order valence-corrected chi connectivity index (χ2v) is 9.10. The highest BCUT2D eigenvalue weighted by molar-refractivity contribution is 7.92. The summed E-state index contributed by atoms with van der Waals surface area (Å²) in [4.78, 5) is 12.6. The van der Waals surface area contributed by atoms with Gasteiger partial charge < -0.3 is 10.1 Å². The molecule has 1 atom stereocenters. The molecule has 0 saturated heterocycles. The van der Waals surface area contributed by atoms with Gasteiger partial charge in [-0.25, -0.2) is 8.42 Å². The SMILES string of the molecule is CC[C@H](Oc1cccc(Cl)c1)C(=O)Nc1ccc(S(=O)(=O)Nc2ccccc2Cl)cc1. The van der Waals surface area contributed by atoms with Crippen LogP contribution in [0.2, 0.25) is 10.0 Å². The molecule has 0 bridgehead atoms.